The van der Waals surface area contributed by atoms with Crippen LogP contribution in [0.4, 0.5) is 0 Å². The van der Waals surface area contributed by atoms with Crippen LogP contribution in [0.15, 0.2) is 24.3 Å². The van der Waals surface area contributed by atoms with Gasteiger partial charge in [-0.2, -0.15) is 11.8 Å². The largest absolute Gasteiger partial charge is 0.313 e. The van der Waals surface area contributed by atoms with Crippen LogP contribution in [0.1, 0.15) is 37.3 Å². The summed E-state index contributed by atoms with van der Waals surface area (Å²) >= 11 is 2.05. The maximum atomic E-state index is 3.63. The molecule has 94 valence electrons. The minimum Gasteiger partial charge on any atom is -0.313 e. The zero-order valence-corrected chi connectivity index (χ0v) is 11.7. The first kappa shape index (κ1) is 13.0. The predicted octanol–water partition coefficient (Wildman–Crippen LogP) is 3.45. The van der Waals surface area contributed by atoms with Crippen LogP contribution in [0.2, 0.25) is 0 Å². The van der Waals surface area contributed by atoms with Gasteiger partial charge in [-0.3, -0.25) is 0 Å². The fourth-order valence-electron chi connectivity index (χ4n) is 2.68. The molecule has 2 rings (SSSR count). The highest BCUT2D eigenvalue weighted by Gasteiger charge is 2.27. The summed E-state index contributed by atoms with van der Waals surface area (Å²) < 4.78 is 0. The lowest BCUT2D eigenvalue weighted by Gasteiger charge is -2.33. The first-order chi connectivity index (χ1) is 8.35. The van der Waals surface area contributed by atoms with Crippen molar-refractivity contribution in [2.45, 2.75) is 38.6 Å². The van der Waals surface area contributed by atoms with Gasteiger partial charge in [0, 0.05) is 11.8 Å². The van der Waals surface area contributed by atoms with E-state index in [1.54, 1.807) is 11.1 Å². The standard InChI is InChI=1S/C15H23NS/c1-3-16-14(11-17-4-2)10-13-9-12-7-5-6-8-15(12)13/h5-8,13-14,16H,3-4,9-11H2,1-2H3. The summed E-state index contributed by atoms with van der Waals surface area (Å²) in [6, 6.07) is 9.59. The maximum absolute atomic E-state index is 3.63. The van der Waals surface area contributed by atoms with E-state index in [4.69, 9.17) is 0 Å². The lowest BCUT2D eigenvalue weighted by atomic mass is 9.74. The SMILES string of the molecule is CCNC(CSCC)CC1Cc2ccccc21. The Bertz CT molecular complexity index is 351. The number of thioether (sulfide) groups is 1. The highest BCUT2D eigenvalue weighted by molar-refractivity contribution is 7.99. The molecule has 1 aromatic rings. The molecule has 0 aliphatic heterocycles. The van der Waals surface area contributed by atoms with Gasteiger partial charge in [0.2, 0.25) is 0 Å². The van der Waals surface area contributed by atoms with Gasteiger partial charge in [0.1, 0.15) is 0 Å². The summed E-state index contributed by atoms with van der Waals surface area (Å²) in [4.78, 5) is 0. The molecule has 1 aromatic carbocycles. The fraction of sp³-hybridized carbons (Fsp3) is 0.600. The first-order valence-electron chi connectivity index (χ1n) is 6.74. The molecule has 0 fully saturated rings. The second-order valence-corrected chi connectivity index (χ2v) is 6.07. The third-order valence-electron chi connectivity index (χ3n) is 3.55. The molecule has 17 heavy (non-hydrogen) atoms. The highest BCUT2D eigenvalue weighted by Crippen LogP contribution is 2.38. The lowest BCUT2D eigenvalue weighted by molar-refractivity contribution is 0.452. The average Bonchev–Trinajstić information content (AvgIpc) is 2.33. The van der Waals surface area contributed by atoms with Crippen LogP contribution in [-0.4, -0.2) is 24.1 Å². The Hall–Kier alpha value is -0.470. The van der Waals surface area contributed by atoms with Crippen LogP contribution in [0.25, 0.3) is 0 Å². The Morgan fingerprint density at radius 1 is 1.35 bits per heavy atom. The molecular weight excluding hydrogens is 226 g/mol. The van der Waals surface area contributed by atoms with Gasteiger partial charge >= 0.3 is 0 Å². The molecule has 1 aliphatic carbocycles. The molecule has 0 spiro atoms. The number of rotatable bonds is 7. The van der Waals surface area contributed by atoms with E-state index in [-0.39, 0.29) is 0 Å². The minimum absolute atomic E-state index is 0.684. The van der Waals surface area contributed by atoms with E-state index in [1.165, 1.54) is 24.3 Å². The van der Waals surface area contributed by atoms with Crippen molar-refractivity contribution < 1.29 is 0 Å². The third kappa shape index (κ3) is 3.26. The Labute approximate surface area is 109 Å². The third-order valence-corrected chi connectivity index (χ3v) is 4.59. The van der Waals surface area contributed by atoms with Gasteiger partial charge in [-0.15, -0.1) is 0 Å². The van der Waals surface area contributed by atoms with E-state index in [1.807, 2.05) is 0 Å². The van der Waals surface area contributed by atoms with Crippen LogP contribution < -0.4 is 5.32 Å². The molecule has 0 heterocycles. The molecule has 1 nitrogen and oxygen atoms in total. The molecule has 0 radical (unpaired) electrons. The van der Waals surface area contributed by atoms with Gasteiger partial charge in [-0.05, 0) is 42.2 Å². The van der Waals surface area contributed by atoms with E-state index in [9.17, 15) is 0 Å². The summed E-state index contributed by atoms with van der Waals surface area (Å²) in [5.74, 6) is 3.28. The molecule has 2 atom stereocenters. The Balaban J connectivity index is 1.87. The number of hydrogen-bond donors (Lipinski definition) is 1. The molecule has 1 N–H and O–H groups in total. The number of nitrogens with one attached hydrogen (secondary N) is 1. The molecular formula is C15H23NS. The highest BCUT2D eigenvalue weighted by atomic mass is 32.2. The van der Waals surface area contributed by atoms with Gasteiger partial charge in [-0.1, -0.05) is 38.1 Å². The zero-order chi connectivity index (χ0) is 12.1. The summed E-state index contributed by atoms with van der Waals surface area (Å²) in [7, 11) is 0. The summed E-state index contributed by atoms with van der Waals surface area (Å²) in [5, 5.41) is 3.63. The molecule has 2 unspecified atom stereocenters. The zero-order valence-electron chi connectivity index (χ0n) is 10.9. The number of fused-ring (bicyclic) bond motifs is 1. The van der Waals surface area contributed by atoms with Crippen LogP contribution in [0, 0.1) is 0 Å². The summed E-state index contributed by atoms with van der Waals surface area (Å²) in [5.41, 5.74) is 3.16. The van der Waals surface area contributed by atoms with Gasteiger partial charge in [0.25, 0.3) is 0 Å². The molecule has 0 saturated carbocycles. The average molecular weight is 249 g/mol. The van der Waals surface area contributed by atoms with Gasteiger partial charge < -0.3 is 5.32 Å². The molecule has 2 heteroatoms. The summed E-state index contributed by atoms with van der Waals surface area (Å²) in [6.45, 7) is 5.54. The molecule has 0 bridgehead atoms. The van der Waals surface area contributed by atoms with Crippen molar-refractivity contribution in [3.63, 3.8) is 0 Å². The Morgan fingerprint density at radius 2 is 2.18 bits per heavy atom. The Morgan fingerprint density at radius 3 is 2.88 bits per heavy atom. The van der Waals surface area contributed by atoms with Gasteiger partial charge in [0.05, 0.1) is 0 Å². The lowest BCUT2D eigenvalue weighted by Crippen LogP contribution is -2.35. The molecule has 1 aliphatic rings. The van der Waals surface area contributed by atoms with E-state index in [0.29, 0.717) is 6.04 Å². The van der Waals surface area contributed by atoms with Crippen LogP contribution in [0.3, 0.4) is 0 Å². The molecule has 0 aromatic heterocycles. The monoisotopic (exact) mass is 249 g/mol. The summed E-state index contributed by atoms with van der Waals surface area (Å²) in [6.07, 6.45) is 2.59. The Kier molecular flexibility index (Phi) is 4.93. The first-order valence-corrected chi connectivity index (χ1v) is 7.89. The van der Waals surface area contributed by atoms with Crippen molar-refractivity contribution in [3.8, 4) is 0 Å². The maximum Gasteiger partial charge on any atom is 0.0164 e. The predicted molar refractivity (Wildman–Crippen MR) is 78.0 cm³/mol. The van der Waals surface area contributed by atoms with Crippen molar-refractivity contribution in [3.05, 3.63) is 35.4 Å². The van der Waals surface area contributed by atoms with Crippen molar-refractivity contribution in [2.24, 2.45) is 0 Å². The van der Waals surface area contributed by atoms with Crippen molar-refractivity contribution in [1.29, 1.82) is 0 Å². The van der Waals surface area contributed by atoms with Crippen LogP contribution in [-0.2, 0) is 6.42 Å². The van der Waals surface area contributed by atoms with Crippen molar-refractivity contribution >= 4 is 11.8 Å². The topological polar surface area (TPSA) is 12.0 Å². The van der Waals surface area contributed by atoms with Crippen molar-refractivity contribution in [1.82, 2.24) is 5.32 Å². The second-order valence-electron chi connectivity index (χ2n) is 4.75. The van der Waals surface area contributed by atoms with E-state index in [2.05, 4.69) is 55.2 Å². The molecule has 0 saturated heterocycles. The van der Waals surface area contributed by atoms with E-state index in [0.717, 1.165) is 12.5 Å². The van der Waals surface area contributed by atoms with Gasteiger partial charge in [-0.25, -0.2) is 0 Å². The number of benzene rings is 1. The van der Waals surface area contributed by atoms with Gasteiger partial charge in [0.15, 0.2) is 0 Å². The minimum atomic E-state index is 0.684. The van der Waals surface area contributed by atoms with Crippen LogP contribution >= 0.6 is 11.8 Å². The second kappa shape index (κ2) is 6.46. The smallest absolute Gasteiger partial charge is 0.0164 e. The fourth-order valence-corrected chi connectivity index (χ4v) is 3.45. The molecule has 0 amide bonds. The van der Waals surface area contributed by atoms with Crippen molar-refractivity contribution in [2.75, 3.05) is 18.1 Å². The van der Waals surface area contributed by atoms with E-state index < -0.39 is 0 Å². The normalized spacial score (nSPS) is 19.5. The van der Waals surface area contributed by atoms with E-state index >= 15 is 0 Å². The van der Waals surface area contributed by atoms with Crippen LogP contribution in [0.5, 0.6) is 0 Å². The number of hydrogen-bond acceptors (Lipinski definition) is 2. The quantitative estimate of drug-likeness (QED) is 0.794.